The molecule has 2 amide bonds. The lowest BCUT2D eigenvalue weighted by atomic mass is 9.81. The summed E-state index contributed by atoms with van der Waals surface area (Å²) in [5.74, 6) is -0.182. The third kappa shape index (κ3) is 2.38. The van der Waals surface area contributed by atoms with E-state index in [1.165, 1.54) is 4.90 Å². The Morgan fingerprint density at radius 3 is 2.43 bits per heavy atom. The largest absolute Gasteiger partial charge is 0.396 e. The summed E-state index contributed by atoms with van der Waals surface area (Å²) in [6.45, 7) is 2.44. The van der Waals surface area contributed by atoms with Crippen molar-refractivity contribution in [2.24, 2.45) is 5.41 Å². The molecule has 2 fully saturated rings. The van der Waals surface area contributed by atoms with Crippen molar-refractivity contribution >= 4 is 11.8 Å². The van der Waals surface area contributed by atoms with Gasteiger partial charge in [-0.15, -0.1) is 0 Å². The van der Waals surface area contributed by atoms with Gasteiger partial charge < -0.3 is 5.11 Å². The molecule has 1 aliphatic carbocycles. The molecule has 21 heavy (non-hydrogen) atoms. The molecule has 1 aromatic carbocycles. The predicted octanol–water partition coefficient (Wildman–Crippen LogP) is 1.87. The molecule has 1 saturated heterocycles. The third-order valence-corrected chi connectivity index (χ3v) is 5.03. The molecule has 4 heteroatoms. The smallest absolute Gasteiger partial charge is 0.240 e. The number of imide groups is 1. The first kappa shape index (κ1) is 14.3. The number of aliphatic hydroxyl groups is 1. The molecule has 1 heterocycles. The maximum Gasteiger partial charge on any atom is 0.240 e. The summed E-state index contributed by atoms with van der Waals surface area (Å²) in [5, 5.41) is 9.14. The Kier molecular flexibility index (Phi) is 3.36. The summed E-state index contributed by atoms with van der Waals surface area (Å²) < 4.78 is 0. The lowest BCUT2D eigenvalue weighted by Gasteiger charge is -2.25. The zero-order chi connectivity index (χ0) is 15.1. The molecule has 0 bridgehead atoms. The quantitative estimate of drug-likeness (QED) is 0.841. The number of carbonyl (C=O) groups is 2. The fraction of sp³-hybridized carbons (Fsp3) is 0.529. The number of likely N-dealkylation sites (tertiary alicyclic amines) is 1. The van der Waals surface area contributed by atoms with Gasteiger partial charge in [0.15, 0.2) is 0 Å². The van der Waals surface area contributed by atoms with Gasteiger partial charge in [0.1, 0.15) is 0 Å². The summed E-state index contributed by atoms with van der Waals surface area (Å²) >= 11 is 0. The maximum absolute atomic E-state index is 12.8. The second kappa shape index (κ2) is 4.95. The van der Waals surface area contributed by atoms with Gasteiger partial charge in [0, 0.05) is 19.6 Å². The molecule has 1 aromatic rings. The molecule has 0 radical (unpaired) electrons. The second-order valence-corrected chi connectivity index (χ2v) is 6.63. The van der Waals surface area contributed by atoms with E-state index in [1.54, 1.807) is 0 Å². The molecule has 1 N–H and O–H groups in total. The fourth-order valence-electron chi connectivity index (χ4n) is 3.31. The first-order valence-corrected chi connectivity index (χ1v) is 7.52. The van der Waals surface area contributed by atoms with Crippen molar-refractivity contribution in [3.05, 3.63) is 35.9 Å². The monoisotopic (exact) mass is 287 g/mol. The Morgan fingerprint density at radius 1 is 1.19 bits per heavy atom. The maximum atomic E-state index is 12.8. The summed E-state index contributed by atoms with van der Waals surface area (Å²) in [5.41, 5.74) is 0.133. The van der Waals surface area contributed by atoms with E-state index in [4.69, 9.17) is 5.11 Å². The van der Waals surface area contributed by atoms with Crippen LogP contribution in [0.4, 0.5) is 0 Å². The highest BCUT2D eigenvalue weighted by Gasteiger charge is 2.53. The standard InChI is InChI=1S/C17H21NO3/c1-16(13-5-3-2-4-6-13)11-14(20)18(15(16)21)12-17(7-8-17)9-10-19/h2-6,19H,7-12H2,1H3. The first-order valence-electron chi connectivity index (χ1n) is 7.52. The molecule has 1 aliphatic heterocycles. The second-order valence-electron chi connectivity index (χ2n) is 6.63. The Balaban J connectivity index is 1.83. The van der Waals surface area contributed by atoms with Crippen LogP contribution in [0.3, 0.4) is 0 Å². The molecule has 1 unspecified atom stereocenters. The average Bonchev–Trinajstić information content (AvgIpc) is 3.20. The van der Waals surface area contributed by atoms with Gasteiger partial charge in [0.05, 0.1) is 5.41 Å². The van der Waals surface area contributed by atoms with Gasteiger partial charge in [-0.1, -0.05) is 30.3 Å². The van der Waals surface area contributed by atoms with Gasteiger partial charge in [0.2, 0.25) is 11.8 Å². The number of rotatable bonds is 5. The number of nitrogens with zero attached hydrogens (tertiary/aromatic N) is 1. The highest BCUT2D eigenvalue weighted by Crippen LogP contribution is 2.50. The number of hydrogen-bond acceptors (Lipinski definition) is 3. The van der Waals surface area contributed by atoms with Gasteiger partial charge in [0.25, 0.3) is 0 Å². The Labute approximate surface area is 124 Å². The van der Waals surface area contributed by atoms with Crippen LogP contribution in [0.2, 0.25) is 0 Å². The van der Waals surface area contributed by atoms with E-state index in [0.717, 1.165) is 18.4 Å². The van der Waals surface area contributed by atoms with Crippen LogP contribution in [0.1, 0.15) is 38.2 Å². The summed E-state index contributed by atoms with van der Waals surface area (Å²) in [6.07, 6.45) is 2.90. The van der Waals surface area contributed by atoms with Crippen LogP contribution in [0.25, 0.3) is 0 Å². The zero-order valence-electron chi connectivity index (χ0n) is 12.3. The van der Waals surface area contributed by atoms with Crippen molar-refractivity contribution in [1.29, 1.82) is 0 Å². The molecule has 112 valence electrons. The van der Waals surface area contributed by atoms with Crippen molar-refractivity contribution < 1.29 is 14.7 Å². The van der Waals surface area contributed by atoms with Gasteiger partial charge >= 0.3 is 0 Å². The summed E-state index contributed by atoms with van der Waals surface area (Å²) in [7, 11) is 0. The SMILES string of the molecule is CC1(c2ccccc2)CC(=O)N(CC2(CCO)CC2)C1=O. The van der Waals surface area contributed by atoms with Crippen molar-refractivity contribution in [1.82, 2.24) is 4.90 Å². The topological polar surface area (TPSA) is 57.6 Å². The van der Waals surface area contributed by atoms with Crippen LogP contribution in [-0.4, -0.2) is 35.0 Å². The van der Waals surface area contributed by atoms with E-state index in [9.17, 15) is 9.59 Å². The number of benzene rings is 1. The number of carbonyl (C=O) groups excluding carboxylic acids is 2. The molecule has 0 spiro atoms. The van der Waals surface area contributed by atoms with Gasteiger partial charge in [-0.05, 0) is 37.2 Å². The van der Waals surface area contributed by atoms with E-state index in [1.807, 2.05) is 37.3 Å². The fourth-order valence-corrected chi connectivity index (χ4v) is 3.31. The van der Waals surface area contributed by atoms with E-state index >= 15 is 0 Å². The molecular weight excluding hydrogens is 266 g/mol. The number of hydrogen-bond donors (Lipinski definition) is 1. The first-order chi connectivity index (χ1) is 10.0. The highest BCUT2D eigenvalue weighted by atomic mass is 16.3. The minimum absolute atomic E-state index is 0.0258. The van der Waals surface area contributed by atoms with Gasteiger partial charge in [-0.2, -0.15) is 0 Å². The average molecular weight is 287 g/mol. The Bertz CT molecular complexity index is 565. The van der Waals surface area contributed by atoms with Gasteiger partial charge in [-0.3, -0.25) is 14.5 Å². The molecule has 2 aliphatic rings. The lowest BCUT2D eigenvalue weighted by Crippen LogP contribution is -2.40. The van der Waals surface area contributed by atoms with Gasteiger partial charge in [-0.25, -0.2) is 0 Å². The molecule has 4 nitrogen and oxygen atoms in total. The summed E-state index contributed by atoms with van der Waals surface area (Å²) in [6, 6.07) is 9.53. The number of amides is 2. The minimum Gasteiger partial charge on any atom is -0.396 e. The van der Waals surface area contributed by atoms with E-state index in [2.05, 4.69) is 0 Å². The van der Waals surface area contributed by atoms with E-state index in [0.29, 0.717) is 13.0 Å². The molecule has 0 aromatic heterocycles. The van der Waals surface area contributed by atoms with Crippen LogP contribution in [0.5, 0.6) is 0 Å². The Hall–Kier alpha value is -1.68. The van der Waals surface area contributed by atoms with Crippen LogP contribution in [0, 0.1) is 5.41 Å². The zero-order valence-corrected chi connectivity index (χ0v) is 12.3. The van der Waals surface area contributed by atoms with Crippen molar-refractivity contribution in [3.8, 4) is 0 Å². The van der Waals surface area contributed by atoms with Crippen molar-refractivity contribution in [2.75, 3.05) is 13.2 Å². The third-order valence-electron chi connectivity index (χ3n) is 5.03. The molecule has 1 saturated carbocycles. The van der Waals surface area contributed by atoms with Crippen molar-refractivity contribution in [3.63, 3.8) is 0 Å². The van der Waals surface area contributed by atoms with Crippen LogP contribution >= 0.6 is 0 Å². The molecule has 3 rings (SSSR count). The highest BCUT2D eigenvalue weighted by molar-refractivity contribution is 6.08. The van der Waals surface area contributed by atoms with Crippen LogP contribution < -0.4 is 0 Å². The lowest BCUT2D eigenvalue weighted by molar-refractivity contribution is -0.140. The van der Waals surface area contributed by atoms with Crippen molar-refractivity contribution in [2.45, 2.75) is 38.0 Å². The van der Waals surface area contributed by atoms with E-state index < -0.39 is 5.41 Å². The minimum atomic E-state index is -0.742. The normalized spacial score (nSPS) is 27.2. The predicted molar refractivity (Wildman–Crippen MR) is 78.5 cm³/mol. The molecule has 1 atom stereocenters. The van der Waals surface area contributed by atoms with Crippen LogP contribution in [-0.2, 0) is 15.0 Å². The Morgan fingerprint density at radius 2 is 1.86 bits per heavy atom. The summed E-state index contributed by atoms with van der Waals surface area (Å²) in [4.78, 5) is 26.5. The molecular formula is C17H21NO3. The number of aliphatic hydroxyl groups excluding tert-OH is 1. The van der Waals surface area contributed by atoms with E-state index in [-0.39, 0.29) is 30.3 Å². The van der Waals surface area contributed by atoms with Crippen LogP contribution in [0.15, 0.2) is 30.3 Å².